The van der Waals surface area contributed by atoms with Gasteiger partial charge in [0.25, 0.3) is 0 Å². The third-order valence-corrected chi connectivity index (χ3v) is 5.09. The normalized spacial score (nSPS) is 17.1. The number of rotatable bonds is 4. The van der Waals surface area contributed by atoms with Gasteiger partial charge in [0.2, 0.25) is 5.43 Å². The standard InChI is InChI=1S/C18H19IN2O6/c1-2-27-17(23)14-9-20(8-12-10-26-6-5-21(12)18(24)25)15-4-3-11(19)7-13(15)16(14)22/h3-4,7,9,12H,2,5-6,8,10H2,1H3,(H,24,25). The summed E-state index contributed by atoms with van der Waals surface area (Å²) in [6.45, 7) is 2.96. The molecule has 1 aliphatic heterocycles. The van der Waals surface area contributed by atoms with Crippen molar-refractivity contribution >= 4 is 45.6 Å². The van der Waals surface area contributed by atoms with E-state index in [9.17, 15) is 19.5 Å². The van der Waals surface area contributed by atoms with Crippen LogP contribution in [-0.2, 0) is 16.0 Å². The molecule has 0 aliphatic carbocycles. The lowest BCUT2D eigenvalue weighted by molar-refractivity contribution is -0.00513. The van der Waals surface area contributed by atoms with Crippen molar-refractivity contribution in [3.05, 3.63) is 43.8 Å². The first-order valence-corrected chi connectivity index (χ1v) is 9.57. The van der Waals surface area contributed by atoms with Crippen molar-refractivity contribution < 1.29 is 24.2 Å². The molecule has 0 bridgehead atoms. The third-order valence-electron chi connectivity index (χ3n) is 4.42. The van der Waals surface area contributed by atoms with Gasteiger partial charge in [0.15, 0.2) is 0 Å². The second-order valence-electron chi connectivity index (χ2n) is 6.11. The molecule has 1 aromatic heterocycles. The summed E-state index contributed by atoms with van der Waals surface area (Å²) in [6, 6.07) is 4.94. The van der Waals surface area contributed by atoms with Crippen molar-refractivity contribution in [2.45, 2.75) is 19.5 Å². The molecule has 0 radical (unpaired) electrons. The van der Waals surface area contributed by atoms with Gasteiger partial charge in [0, 0.05) is 28.2 Å². The number of ether oxygens (including phenoxy) is 2. The van der Waals surface area contributed by atoms with Gasteiger partial charge in [-0.3, -0.25) is 9.69 Å². The monoisotopic (exact) mass is 486 g/mol. The van der Waals surface area contributed by atoms with E-state index in [0.717, 1.165) is 3.57 Å². The van der Waals surface area contributed by atoms with Gasteiger partial charge in [-0.1, -0.05) is 0 Å². The molecule has 0 spiro atoms. The van der Waals surface area contributed by atoms with Gasteiger partial charge in [-0.15, -0.1) is 0 Å². The number of halogens is 1. The Balaban J connectivity index is 2.10. The molecule has 2 aromatic rings. The van der Waals surface area contributed by atoms with E-state index < -0.39 is 23.5 Å². The number of carboxylic acid groups (broad SMARTS) is 1. The summed E-state index contributed by atoms with van der Waals surface area (Å²) in [4.78, 5) is 37.8. The second kappa shape index (κ2) is 8.26. The van der Waals surface area contributed by atoms with Crippen LogP contribution in [0.15, 0.2) is 29.2 Å². The molecule has 1 amide bonds. The minimum atomic E-state index is -1.02. The zero-order valence-corrected chi connectivity index (χ0v) is 16.8. The van der Waals surface area contributed by atoms with Crippen LogP contribution in [0.25, 0.3) is 10.9 Å². The summed E-state index contributed by atoms with van der Waals surface area (Å²) in [6.07, 6.45) is 0.429. The molecule has 1 N–H and O–H groups in total. The van der Waals surface area contributed by atoms with E-state index in [-0.39, 0.29) is 31.9 Å². The van der Waals surface area contributed by atoms with E-state index in [4.69, 9.17) is 9.47 Å². The number of carbonyl (C=O) groups excluding carboxylic acids is 1. The Hall–Kier alpha value is -2.14. The van der Waals surface area contributed by atoms with Crippen molar-refractivity contribution in [2.75, 3.05) is 26.4 Å². The Morgan fingerprint density at radius 1 is 1.41 bits per heavy atom. The van der Waals surface area contributed by atoms with Crippen LogP contribution in [0.3, 0.4) is 0 Å². The number of benzene rings is 1. The average Bonchev–Trinajstić information content (AvgIpc) is 2.64. The van der Waals surface area contributed by atoms with Crippen LogP contribution in [0, 0.1) is 3.57 Å². The fourth-order valence-corrected chi connectivity index (χ4v) is 3.65. The molecule has 9 heteroatoms. The summed E-state index contributed by atoms with van der Waals surface area (Å²) in [5.41, 5.74) is 0.169. The zero-order valence-electron chi connectivity index (χ0n) is 14.7. The van der Waals surface area contributed by atoms with Gasteiger partial charge in [-0.25, -0.2) is 9.59 Å². The van der Waals surface area contributed by atoms with Crippen molar-refractivity contribution in [2.24, 2.45) is 0 Å². The molecule has 144 valence electrons. The van der Waals surface area contributed by atoms with E-state index in [0.29, 0.717) is 17.5 Å². The maximum atomic E-state index is 12.8. The summed E-state index contributed by atoms with van der Waals surface area (Å²) < 4.78 is 13.0. The van der Waals surface area contributed by atoms with Gasteiger partial charge < -0.3 is 19.1 Å². The van der Waals surface area contributed by atoms with Crippen LogP contribution in [0.1, 0.15) is 17.3 Å². The fraction of sp³-hybridized carbons (Fsp3) is 0.389. The molecule has 27 heavy (non-hydrogen) atoms. The molecule has 1 fully saturated rings. The highest BCUT2D eigenvalue weighted by molar-refractivity contribution is 14.1. The Morgan fingerprint density at radius 2 is 2.19 bits per heavy atom. The summed E-state index contributed by atoms with van der Waals surface area (Å²) >= 11 is 2.10. The summed E-state index contributed by atoms with van der Waals surface area (Å²) in [5, 5.41) is 9.82. The van der Waals surface area contributed by atoms with Crippen molar-refractivity contribution in [3.63, 3.8) is 0 Å². The number of esters is 1. The Kier molecular flexibility index (Phi) is 6.00. The number of amides is 1. The highest BCUT2D eigenvalue weighted by atomic mass is 127. The Labute approximate surface area is 168 Å². The molecule has 8 nitrogen and oxygen atoms in total. The molecule has 1 aliphatic rings. The lowest BCUT2D eigenvalue weighted by atomic mass is 10.1. The maximum absolute atomic E-state index is 12.8. The quantitative estimate of drug-likeness (QED) is 0.526. The summed E-state index contributed by atoms with van der Waals surface area (Å²) in [5.74, 6) is -0.688. The topological polar surface area (TPSA) is 98.1 Å². The zero-order chi connectivity index (χ0) is 19.6. The Morgan fingerprint density at radius 3 is 2.89 bits per heavy atom. The lowest BCUT2D eigenvalue weighted by Crippen LogP contribution is -2.50. The molecule has 1 saturated heterocycles. The minimum Gasteiger partial charge on any atom is -0.465 e. The largest absolute Gasteiger partial charge is 0.465 e. The number of hydrogen-bond acceptors (Lipinski definition) is 5. The summed E-state index contributed by atoms with van der Waals surface area (Å²) in [7, 11) is 0. The molecule has 1 atom stereocenters. The van der Waals surface area contributed by atoms with E-state index in [1.54, 1.807) is 23.6 Å². The smallest absolute Gasteiger partial charge is 0.407 e. The number of aromatic nitrogens is 1. The SMILES string of the molecule is CCOC(=O)c1cn(CC2COCCN2C(=O)O)c2ccc(I)cc2c1=O. The Bertz CT molecular complexity index is 941. The highest BCUT2D eigenvalue weighted by Gasteiger charge is 2.28. The van der Waals surface area contributed by atoms with Crippen LogP contribution < -0.4 is 5.43 Å². The molecule has 0 saturated carbocycles. The van der Waals surface area contributed by atoms with Gasteiger partial charge in [0.1, 0.15) is 5.56 Å². The van der Waals surface area contributed by atoms with Crippen LogP contribution in [-0.4, -0.2) is 59.0 Å². The van der Waals surface area contributed by atoms with E-state index in [1.807, 2.05) is 6.07 Å². The fourth-order valence-electron chi connectivity index (χ4n) is 3.16. The first-order valence-electron chi connectivity index (χ1n) is 8.49. The van der Waals surface area contributed by atoms with Gasteiger partial charge in [0.05, 0.1) is 31.4 Å². The third kappa shape index (κ3) is 4.08. The molecular formula is C18H19IN2O6. The number of fused-ring (bicyclic) bond motifs is 1. The molecule has 2 heterocycles. The first kappa shape index (κ1) is 19.6. The molecule has 3 rings (SSSR count). The predicted molar refractivity (Wildman–Crippen MR) is 106 cm³/mol. The van der Waals surface area contributed by atoms with Crippen molar-refractivity contribution in [1.82, 2.24) is 9.47 Å². The number of carbonyl (C=O) groups is 2. The maximum Gasteiger partial charge on any atom is 0.407 e. The van der Waals surface area contributed by atoms with E-state index in [1.165, 1.54) is 11.1 Å². The lowest BCUT2D eigenvalue weighted by Gasteiger charge is -2.34. The van der Waals surface area contributed by atoms with Crippen molar-refractivity contribution in [1.29, 1.82) is 0 Å². The van der Waals surface area contributed by atoms with Crippen LogP contribution >= 0.6 is 22.6 Å². The first-order chi connectivity index (χ1) is 12.9. The van der Waals surface area contributed by atoms with Crippen LogP contribution in [0.2, 0.25) is 0 Å². The molecule has 1 unspecified atom stereocenters. The second-order valence-corrected chi connectivity index (χ2v) is 7.36. The number of pyridine rings is 1. The predicted octanol–water partition coefficient (Wildman–Crippen LogP) is 2.16. The number of hydrogen-bond donors (Lipinski definition) is 1. The highest BCUT2D eigenvalue weighted by Crippen LogP contribution is 2.19. The minimum absolute atomic E-state index is 0.0649. The average molecular weight is 486 g/mol. The van der Waals surface area contributed by atoms with E-state index in [2.05, 4.69) is 22.6 Å². The number of nitrogens with zero attached hydrogens (tertiary/aromatic N) is 2. The number of morpholine rings is 1. The molecular weight excluding hydrogens is 467 g/mol. The van der Waals surface area contributed by atoms with Crippen LogP contribution in [0.5, 0.6) is 0 Å². The van der Waals surface area contributed by atoms with Crippen molar-refractivity contribution in [3.8, 4) is 0 Å². The van der Waals surface area contributed by atoms with Crippen LogP contribution in [0.4, 0.5) is 4.79 Å². The molecule has 1 aromatic carbocycles. The van der Waals surface area contributed by atoms with Gasteiger partial charge in [-0.2, -0.15) is 0 Å². The van der Waals surface area contributed by atoms with E-state index >= 15 is 0 Å². The van der Waals surface area contributed by atoms with Gasteiger partial charge in [-0.05, 0) is 47.7 Å². The van der Waals surface area contributed by atoms with Gasteiger partial charge >= 0.3 is 12.1 Å².